The first-order chi connectivity index (χ1) is 8.38. The minimum Gasteiger partial charge on any atom is -0.286 e. The molecule has 0 fully saturated rings. The minimum atomic E-state index is 0.387. The lowest BCUT2D eigenvalue weighted by atomic mass is 10.0. The molecular formula is C12H13ClN4. The summed E-state index contributed by atoms with van der Waals surface area (Å²) >= 11 is 5.78. The van der Waals surface area contributed by atoms with E-state index in [1.54, 1.807) is 12.4 Å². The first-order valence-corrected chi connectivity index (χ1v) is 6.34. The number of hydrogen-bond donors (Lipinski definition) is 0. The van der Waals surface area contributed by atoms with Gasteiger partial charge in [0.05, 0.1) is 23.5 Å². The molecule has 2 aromatic rings. The number of nitrogens with zero attached hydrogens (tertiary/aromatic N) is 4. The van der Waals surface area contributed by atoms with Crippen LogP contribution in [0.5, 0.6) is 0 Å². The van der Waals surface area contributed by atoms with Crippen molar-refractivity contribution in [2.75, 3.05) is 0 Å². The van der Waals surface area contributed by atoms with Gasteiger partial charge in [-0.05, 0) is 25.7 Å². The third-order valence-electron chi connectivity index (χ3n) is 3.09. The van der Waals surface area contributed by atoms with Crippen molar-refractivity contribution in [3.8, 4) is 5.82 Å². The highest BCUT2D eigenvalue weighted by Crippen LogP contribution is 2.22. The van der Waals surface area contributed by atoms with Crippen molar-refractivity contribution in [1.29, 1.82) is 0 Å². The summed E-state index contributed by atoms with van der Waals surface area (Å²) in [5.41, 5.74) is 3.27. The van der Waals surface area contributed by atoms with E-state index in [0.717, 1.165) is 24.4 Å². The molecule has 1 aliphatic carbocycles. The minimum absolute atomic E-state index is 0.387. The van der Waals surface area contributed by atoms with Crippen LogP contribution in [-0.4, -0.2) is 19.5 Å². The second-order valence-corrected chi connectivity index (χ2v) is 4.48. The number of aryl methyl sites for hydroxylation is 1. The fourth-order valence-electron chi connectivity index (χ4n) is 2.24. The molecule has 0 amide bonds. The van der Waals surface area contributed by atoms with Gasteiger partial charge in [-0.15, -0.1) is 11.6 Å². The molecule has 0 N–H and O–H groups in total. The van der Waals surface area contributed by atoms with E-state index in [1.807, 2.05) is 10.9 Å². The number of halogens is 1. The Morgan fingerprint density at radius 1 is 1.24 bits per heavy atom. The third-order valence-corrected chi connectivity index (χ3v) is 3.36. The zero-order chi connectivity index (χ0) is 11.7. The molecular weight excluding hydrogens is 236 g/mol. The Hall–Kier alpha value is -1.42. The highest BCUT2D eigenvalue weighted by molar-refractivity contribution is 6.16. The van der Waals surface area contributed by atoms with E-state index in [1.165, 1.54) is 24.2 Å². The quantitative estimate of drug-likeness (QED) is 0.766. The van der Waals surface area contributed by atoms with Crippen molar-refractivity contribution in [3.63, 3.8) is 0 Å². The predicted molar refractivity (Wildman–Crippen MR) is 65.4 cm³/mol. The lowest BCUT2D eigenvalue weighted by molar-refractivity contribution is 0.653. The Morgan fingerprint density at radius 3 is 3.00 bits per heavy atom. The zero-order valence-electron chi connectivity index (χ0n) is 9.43. The molecule has 3 rings (SSSR count). The molecule has 0 radical (unpaired) electrons. The smallest absolute Gasteiger partial charge is 0.156 e. The number of alkyl halides is 1. The van der Waals surface area contributed by atoms with E-state index in [-0.39, 0.29) is 0 Å². The summed E-state index contributed by atoms with van der Waals surface area (Å²) in [5, 5.41) is 0. The van der Waals surface area contributed by atoms with Crippen LogP contribution in [-0.2, 0) is 18.7 Å². The van der Waals surface area contributed by atoms with Gasteiger partial charge in [0.15, 0.2) is 5.82 Å². The number of hydrogen-bond acceptors (Lipinski definition) is 3. The summed E-state index contributed by atoms with van der Waals surface area (Å²) in [7, 11) is 0. The van der Waals surface area contributed by atoms with Gasteiger partial charge in [0.1, 0.15) is 6.33 Å². The van der Waals surface area contributed by atoms with Gasteiger partial charge >= 0.3 is 0 Å². The first-order valence-electron chi connectivity index (χ1n) is 5.81. The lowest BCUT2D eigenvalue weighted by Gasteiger charge is -2.13. The maximum absolute atomic E-state index is 5.78. The van der Waals surface area contributed by atoms with Gasteiger partial charge in [-0.3, -0.25) is 9.55 Å². The van der Waals surface area contributed by atoms with Gasteiger partial charge in [-0.25, -0.2) is 9.97 Å². The van der Waals surface area contributed by atoms with Crippen molar-refractivity contribution in [2.45, 2.75) is 31.6 Å². The average Bonchev–Trinajstić information content (AvgIpc) is 2.82. The molecule has 0 bridgehead atoms. The summed E-state index contributed by atoms with van der Waals surface area (Å²) in [6.07, 6.45) is 9.90. The van der Waals surface area contributed by atoms with E-state index < -0.39 is 0 Å². The van der Waals surface area contributed by atoms with Crippen LogP contribution in [0.15, 0.2) is 18.7 Å². The van der Waals surface area contributed by atoms with Crippen LogP contribution in [0, 0.1) is 0 Å². The zero-order valence-corrected chi connectivity index (χ0v) is 10.2. The van der Waals surface area contributed by atoms with Crippen LogP contribution >= 0.6 is 11.6 Å². The molecule has 2 heterocycles. The van der Waals surface area contributed by atoms with Gasteiger partial charge in [-0.2, -0.15) is 0 Å². The Kier molecular flexibility index (Phi) is 2.81. The van der Waals surface area contributed by atoms with E-state index in [4.69, 9.17) is 11.6 Å². The molecule has 0 saturated carbocycles. The second-order valence-electron chi connectivity index (χ2n) is 4.22. The van der Waals surface area contributed by atoms with Crippen LogP contribution in [0.25, 0.3) is 5.82 Å². The Morgan fingerprint density at radius 2 is 2.12 bits per heavy atom. The highest BCUT2D eigenvalue weighted by Gasteiger charge is 2.16. The van der Waals surface area contributed by atoms with Gasteiger partial charge < -0.3 is 0 Å². The van der Waals surface area contributed by atoms with Crippen LogP contribution in [0.2, 0.25) is 0 Å². The van der Waals surface area contributed by atoms with Crippen molar-refractivity contribution in [2.24, 2.45) is 0 Å². The van der Waals surface area contributed by atoms with E-state index in [0.29, 0.717) is 5.88 Å². The fourth-order valence-corrected chi connectivity index (χ4v) is 2.37. The normalized spacial score (nSPS) is 14.6. The Labute approximate surface area is 105 Å². The van der Waals surface area contributed by atoms with E-state index in [9.17, 15) is 0 Å². The summed E-state index contributed by atoms with van der Waals surface area (Å²) in [5.74, 6) is 1.20. The highest BCUT2D eigenvalue weighted by atomic mass is 35.5. The van der Waals surface area contributed by atoms with Crippen molar-refractivity contribution in [3.05, 3.63) is 35.8 Å². The van der Waals surface area contributed by atoms with E-state index in [2.05, 4.69) is 15.0 Å². The van der Waals surface area contributed by atoms with Crippen molar-refractivity contribution >= 4 is 11.6 Å². The monoisotopic (exact) mass is 248 g/mol. The lowest BCUT2D eigenvalue weighted by Crippen LogP contribution is -2.08. The number of imidazole rings is 1. The fraction of sp³-hybridized carbons (Fsp3) is 0.417. The van der Waals surface area contributed by atoms with E-state index >= 15 is 0 Å². The largest absolute Gasteiger partial charge is 0.286 e. The van der Waals surface area contributed by atoms with Crippen LogP contribution in [0.3, 0.4) is 0 Å². The molecule has 0 atom stereocenters. The first kappa shape index (κ1) is 10.7. The average molecular weight is 249 g/mol. The summed E-state index contributed by atoms with van der Waals surface area (Å²) < 4.78 is 2.04. The molecule has 0 aromatic carbocycles. The maximum Gasteiger partial charge on any atom is 0.156 e. The number of aromatic nitrogens is 4. The second kappa shape index (κ2) is 4.45. The number of fused-ring (bicyclic) bond motifs is 1. The van der Waals surface area contributed by atoms with Crippen molar-refractivity contribution < 1.29 is 0 Å². The number of rotatable bonds is 2. The maximum atomic E-state index is 5.78. The van der Waals surface area contributed by atoms with Crippen LogP contribution < -0.4 is 0 Å². The van der Waals surface area contributed by atoms with Crippen LogP contribution in [0.1, 0.15) is 29.9 Å². The SMILES string of the molecule is ClCc1cncc(-n2cnc3c2CCCC3)n1. The molecule has 2 aromatic heterocycles. The third kappa shape index (κ3) is 1.93. The molecule has 0 spiro atoms. The standard InChI is InChI=1S/C12H13ClN4/c13-5-9-6-14-7-12(16-9)17-8-15-10-3-1-2-4-11(10)17/h6-8H,1-5H2. The molecule has 0 aliphatic heterocycles. The summed E-state index contributed by atoms with van der Waals surface area (Å²) in [6, 6.07) is 0. The van der Waals surface area contributed by atoms with Gasteiger partial charge in [0.25, 0.3) is 0 Å². The molecule has 5 heteroatoms. The van der Waals surface area contributed by atoms with Gasteiger partial charge in [0, 0.05) is 11.9 Å². The summed E-state index contributed by atoms with van der Waals surface area (Å²) in [4.78, 5) is 13.1. The summed E-state index contributed by atoms with van der Waals surface area (Å²) in [6.45, 7) is 0. The van der Waals surface area contributed by atoms with Crippen molar-refractivity contribution in [1.82, 2.24) is 19.5 Å². The molecule has 0 unspecified atom stereocenters. The molecule has 17 heavy (non-hydrogen) atoms. The Balaban J connectivity index is 2.05. The molecule has 4 nitrogen and oxygen atoms in total. The Bertz CT molecular complexity index is 535. The topological polar surface area (TPSA) is 43.6 Å². The molecule has 0 saturated heterocycles. The molecule has 88 valence electrons. The van der Waals surface area contributed by atoms with Crippen LogP contribution in [0.4, 0.5) is 0 Å². The predicted octanol–water partition coefficient (Wildman–Crippen LogP) is 2.28. The van der Waals surface area contributed by atoms with Gasteiger partial charge in [-0.1, -0.05) is 0 Å². The molecule has 1 aliphatic rings. The van der Waals surface area contributed by atoms with Gasteiger partial charge in [0.2, 0.25) is 0 Å².